The molecule has 2 aliphatic rings. The monoisotopic (exact) mass is 252 g/mol. The Morgan fingerprint density at radius 2 is 2.35 bits per heavy atom. The van der Waals surface area contributed by atoms with Crippen LogP contribution >= 0.6 is 11.3 Å². The van der Waals surface area contributed by atoms with Crippen LogP contribution in [0.3, 0.4) is 0 Å². The number of nitrogens with zero attached hydrogens (tertiary/aromatic N) is 2. The van der Waals surface area contributed by atoms with Crippen molar-refractivity contribution in [1.29, 1.82) is 0 Å². The summed E-state index contributed by atoms with van der Waals surface area (Å²) in [5.74, 6) is 0.275. The van der Waals surface area contributed by atoms with Gasteiger partial charge >= 0.3 is 0 Å². The number of ether oxygens (including phenoxy) is 1. The Hall–Kier alpha value is -0.940. The highest BCUT2D eigenvalue weighted by molar-refractivity contribution is 7.17. The van der Waals surface area contributed by atoms with Crippen molar-refractivity contribution >= 4 is 22.3 Å². The van der Waals surface area contributed by atoms with E-state index in [-0.39, 0.29) is 5.78 Å². The van der Waals surface area contributed by atoms with E-state index >= 15 is 0 Å². The standard InChI is InChI=1S/C12H16N2O2S/c1-16-8-5-6-14(7-8)12-13-9-3-2-4-10(15)11(9)17-12/h8H,2-7H2,1H3. The molecular formula is C12H16N2O2S. The minimum Gasteiger partial charge on any atom is -0.380 e. The maximum Gasteiger partial charge on any atom is 0.186 e. The van der Waals surface area contributed by atoms with Gasteiger partial charge in [-0.3, -0.25) is 4.79 Å². The van der Waals surface area contributed by atoms with Crippen molar-refractivity contribution in [3.63, 3.8) is 0 Å². The van der Waals surface area contributed by atoms with Gasteiger partial charge in [0.05, 0.1) is 16.7 Å². The molecular weight excluding hydrogens is 236 g/mol. The van der Waals surface area contributed by atoms with Crippen LogP contribution in [-0.4, -0.2) is 37.1 Å². The first-order chi connectivity index (χ1) is 8.28. The second-order valence-corrected chi connectivity index (χ2v) is 5.62. The van der Waals surface area contributed by atoms with Gasteiger partial charge in [0.15, 0.2) is 10.9 Å². The molecule has 92 valence electrons. The van der Waals surface area contributed by atoms with Crippen LogP contribution in [0.15, 0.2) is 0 Å². The number of aryl methyl sites for hydroxylation is 1. The highest BCUT2D eigenvalue weighted by atomic mass is 32.1. The number of aromatic nitrogens is 1. The first kappa shape index (κ1) is 11.2. The van der Waals surface area contributed by atoms with E-state index in [4.69, 9.17) is 4.74 Å². The largest absolute Gasteiger partial charge is 0.380 e. The van der Waals surface area contributed by atoms with Gasteiger partial charge in [0.1, 0.15) is 0 Å². The fourth-order valence-corrected chi connectivity index (χ4v) is 3.60. The molecule has 1 aromatic heterocycles. The second kappa shape index (κ2) is 4.38. The van der Waals surface area contributed by atoms with Crippen molar-refractivity contribution in [2.45, 2.75) is 31.8 Å². The third-order valence-corrected chi connectivity index (χ3v) is 4.71. The summed E-state index contributed by atoms with van der Waals surface area (Å²) in [6.07, 6.45) is 3.96. The number of rotatable bonds is 2. The van der Waals surface area contributed by atoms with Crippen LogP contribution in [-0.2, 0) is 11.2 Å². The minimum atomic E-state index is 0.275. The molecule has 1 aromatic rings. The summed E-state index contributed by atoms with van der Waals surface area (Å²) in [5, 5.41) is 1.00. The molecule has 0 bridgehead atoms. The van der Waals surface area contributed by atoms with Crippen molar-refractivity contribution in [3.8, 4) is 0 Å². The Morgan fingerprint density at radius 3 is 3.06 bits per heavy atom. The second-order valence-electron chi connectivity index (χ2n) is 4.64. The minimum absolute atomic E-state index is 0.275. The summed E-state index contributed by atoms with van der Waals surface area (Å²) in [6, 6.07) is 0. The molecule has 2 heterocycles. The van der Waals surface area contributed by atoms with E-state index in [1.807, 2.05) is 0 Å². The number of anilines is 1. The first-order valence-electron chi connectivity index (χ1n) is 6.08. The summed E-state index contributed by atoms with van der Waals surface area (Å²) in [4.78, 5) is 19.5. The molecule has 1 fully saturated rings. The Bertz CT molecular complexity index is 444. The van der Waals surface area contributed by atoms with E-state index in [0.717, 1.165) is 48.1 Å². The zero-order valence-electron chi connectivity index (χ0n) is 9.94. The lowest BCUT2D eigenvalue weighted by atomic mass is 10.0. The number of hydrogen-bond donors (Lipinski definition) is 0. The molecule has 1 saturated heterocycles. The van der Waals surface area contributed by atoms with E-state index in [9.17, 15) is 4.79 Å². The molecule has 3 rings (SSSR count). The van der Waals surface area contributed by atoms with Crippen molar-refractivity contribution in [2.24, 2.45) is 0 Å². The van der Waals surface area contributed by atoms with E-state index in [1.165, 1.54) is 0 Å². The van der Waals surface area contributed by atoms with Crippen LogP contribution in [0.2, 0.25) is 0 Å². The third-order valence-electron chi connectivity index (χ3n) is 3.51. The van der Waals surface area contributed by atoms with Crippen LogP contribution < -0.4 is 4.90 Å². The predicted octanol–water partition coefficient (Wildman–Crippen LogP) is 1.89. The molecule has 0 aromatic carbocycles. The summed E-state index contributed by atoms with van der Waals surface area (Å²) < 4.78 is 5.35. The van der Waals surface area contributed by atoms with E-state index in [1.54, 1.807) is 18.4 Å². The van der Waals surface area contributed by atoms with Crippen LogP contribution in [0.25, 0.3) is 0 Å². The van der Waals surface area contributed by atoms with Gasteiger partial charge in [-0.2, -0.15) is 0 Å². The van der Waals surface area contributed by atoms with Gasteiger partial charge in [0.2, 0.25) is 0 Å². The number of hydrogen-bond acceptors (Lipinski definition) is 5. The molecule has 17 heavy (non-hydrogen) atoms. The summed E-state index contributed by atoms with van der Waals surface area (Å²) in [6.45, 7) is 1.89. The van der Waals surface area contributed by atoms with Gasteiger partial charge in [-0.25, -0.2) is 4.98 Å². The van der Waals surface area contributed by atoms with Crippen LogP contribution in [0, 0.1) is 0 Å². The highest BCUT2D eigenvalue weighted by Crippen LogP contribution is 2.33. The molecule has 1 unspecified atom stereocenters. The van der Waals surface area contributed by atoms with Crippen molar-refractivity contribution in [2.75, 3.05) is 25.1 Å². The normalized spacial score (nSPS) is 24.2. The van der Waals surface area contributed by atoms with Crippen LogP contribution in [0.4, 0.5) is 5.13 Å². The van der Waals surface area contributed by atoms with E-state index < -0.39 is 0 Å². The molecule has 1 aliphatic carbocycles. The van der Waals surface area contributed by atoms with Crippen molar-refractivity contribution in [3.05, 3.63) is 10.6 Å². The molecule has 0 spiro atoms. The lowest BCUT2D eigenvalue weighted by Gasteiger charge is -2.13. The lowest BCUT2D eigenvalue weighted by molar-refractivity contribution is 0.0976. The molecule has 5 heteroatoms. The van der Waals surface area contributed by atoms with E-state index in [2.05, 4.69) is 9.88 Å². The van der Waals surface area contributed by atoms with Crippen LogP contribution in [0.1, 0.15) is 34.6 Å². The highest BCUT2D eigenvalue weighted by Gasteiger charge is 2.28. The average molecular weight is 252 g/mol. The van der Waals surface area contributed by atoms with Gasteiger partial charge in [0.25, 0.3) is 0 Å². The van der Waals surface area contributed by atoms with Gasteiger partial charge in [0, 0.05) is 26.6 Å². The smallest absolute Gasteiger partial charge is 0.186 e. The molecule has 0 amide bonds. The Balaban J connectivity index is 1.83. The number of carbonyl (C=O) groups excluding carboxylic acids is 1. The topological polar surface area (TPSA) is 42.4 Å². The maximum absolute atomic E-state index is 11.8. The summed E-state index contributed by atoms with van der Waals surface area (Å²) >= 11 is 1.56. The van der Waals surface area contributed by atoms with Gasteiger partial charge in [-0.05, 0) is 19.3 Å². The molecule has 0 radical (unpaired) electrons. The quantitative estimate of drug-likeness (QED) is 0.806. The number of ketones is 1. The molecule has 1 atom stereocenters. The number of thiazole rings is 1. The molecule has 0 N–H and O–H groups in total. The number of methoxy groups -OCH3 is 1. The zero-order chi connectivity index (χ0) is 11.8. The molecule has 0 saturated carbocycles. The fraction of sp³-hybridized carbons (Fsp3) is 0.667. The van der Waals surface area contributed by atoms with Crippen molar-refractivity contribution in [1.82, 2.24) is 4.98 Å². The summed E-state index contributed by atoms with van der Waals surface area (Å²) in [5.41, 5.74) is 1.02. The number of fused-ring (bicyclic) bond motifs is 1. The predicted molar refractivity (Wildman–Crippen MR) is 67.0 cm³/mol. The Kier molecular flexibility index (Phi) is 2.88. The fourth-order valence-electron chi connectivity index (χ4n) is 2.49. The molecule has 1 aliphatic heterocycles. The van der Waals surface area contributed by atoms with Gasteiger partial charge in [-0.1, -0.05) is 11.3 Å². The SMILES string of the molecule is COC1CCN(c2nc3c(s2)C(=O)CCC3)C1. The third kappa shape index (κ3) is 1.98. The average Bonchev–Trinajstić information content (AvgIpc) is 2.95. The number of Topliss-reactive ketones (excluding diaryl/α,β-unsaturated/α-hetero) is 1. The van der Waals surface area contributed by atoms with Gasteiger partial charge in [-0.15, -0.1) is 0 Å². The summed E-state index contributed by atoms with van der Waals surface area (Å²) in [7, 11) is 1.75. The Morgan fingerprint density at radius 1 is 1.47 bits per heavy atom. The lowest BCUT2D eigenvalue weighted by Crippen LogP contribution is -2.21. The van der Waals surface area contributed by atoms with E-state index in [0.29, 0.717) is 12.5 Å². The zero-order valence-corrected chi connectivity index (χ0v) is 10.8. The van der Waals surface area contributed by atoms with Crippen molar-refractivity contribution < 1.29 is 9.53 Å². The first-order valence-corrected chi connectivity index (χ1v) is 6.90. The van der Waals surface area contributed by atoms with Crippen LogP contribution in [0.5, 0.6) is 0 Å². The van der Waals surface area contributed by atoms with Gasteiger partial charge < -0.3 is 9.64 Å². The Labute approximate surface area is 105 Å². The molecule has 4 nitrogen and oxygen atoms in total. The maximum atomic E-state index is 11.8. The number of carbonyl (C=O) groups is 1.